The van der Waals surface area contributed by atoms with Gasteiger partial charge in [0.25, 0.3) is 5.91 Å². The first-order valence-corrected chi connectivity index (χ1v) is 11.1. The molecule has 164 valence electrons. The zero-order chi connectivity index (χ0) is 22.2. The summed E-state index contributed by atoms with van der Waals surface area (Å²) in [6.45, 7) is 9.75. The number of fused-ring (bicyclic) bond motifs is 1. The van der Waals surface area contributed by atoms with Crippen molar-refractivity contribution in [1.82, 2.24) is 5.32 Å². The molecule has 1 amide bonds. The summed E-state index contributed by atoms with van der Waals surface area (Å²) in [4.78, 5) is 25.6. The van der Waals surface area contributed by atoms with Crippen molar-refractivity contribution >= 4 is 11.7 Å². The van der Waals surface area contributed by atoms with Crippen LogP contribution in [-0.2, 0) is 9.59 Å². The summed E-state index contributed by atoms with van der Waals surface area (Å²) in [6, 6.07) is -1.00. The number of rotatable bonds is 4. The van der Waals surface area contributed by atoms with Crippen LogP contribution in [0.25, 0.3) is 0 Å². The largest absolute Gasteiger partial charge is 0.511 e. The quantitative estimate of drug-likeness (QED) is 0.214. The van der Waals surface area contributed by atoms with Crippen molar-refractivity contribution in [2.24, 2.45) is 29.1 Å². The minimum atomic E-state index is -1.01. The fraction of sp³-hybridized carbons (Fsp3) is 0.600. The molecule has 2 aliphatic carbocycles. The molecule has 1 aliphatic heterocycles. The Morgan fingerprint density at radius 2 is 2.00 bits per heavy atom. The standard InChI is InChI=1S/C25H35NO4/c1-6-7-8-9-18-15(3)13-17-12-14(2)10-11-19(17)25(18,5)23(29)20-22(28)21(16(4)27)26-24(20)30/h6-9,13-14,16-19,21,27,29H,10-12H2,1-5H3,(H,26,30)/b7-6+,9-8+,23-20-/t14-,16-,17+,18-,19-,21-,25-/m1/s1. The molecule has 0 spiro atoms. The molecular formula is C25H35NO4. The van der Waals surface area contributed by atoms with E-state index in [-0.39, 0.29) is 23.2 Å². The van der Waals surface area contributed by atoms with Crippen LogP contribution in [0, 0.1) is 29.1 Å². The number of carbonyl (C=O) groups is 2. The van der Waals surface area contributed by atoms with Gasteiger partial charge in [-0.3, -0.25) is 9.59 Å². The molecule has 0 radical (unpaired) electrons. The van der Waals surface area contributed by atoms with Crippen molar-refractivity contribution in [2.45, 2.75) is 66.0 Å². The number of carbonyl (C=O) groups excluding carboxylic acids is 2. The van der Waals surface area contributed by atoms with Crippen LogP contribution in [-0.4, -0.2) is 34.0 Å². The van der Waals surface area contributed by atoms with Gasteiger partial charge in [-0.2, -0.15) is 0 Å². The second kappa shape index (κ2) is 8.54. The van der Waals surface area contributed by atoms with Crippen molar-refractivity contribution in [1.29, 1.82) is 0 Å². The fourth-order valence-electron chi connectivity index (χ4n) is 5.84. The van der Waals surface area contributed by atoms with E-state index in [1.807, 2.05) is 32.1 Å². The molecule has 2 fully saturated rings. The molecule has 1 heterocycles. The summed E-state index contributed by atoms with van der Waals surface area (Å²) >= 11 is 0. The zero-order valence-corrected chi connectivity index (χ0v) is 18.7. The van der Waals surface area contributed by atoms with Gasteiger partial charge in [0.1, 0.15) is 17.4 Å². The van der Waals surface area contributed by atoms with Crippen LogP contribution in [0.2, 0.25) is 0 Å². The van der Waals surface area contributed by atoms with E-state index >= 15 is 0 Å². The smallest absolute Gasteiger partial charge is 0.259 e. The predicted molar refractivity (Wildman–Crippen MR) is 118 cm³/mol. The normalized spacial score (nSPS) is 39.8. The molecule has 3 N–H and O–H groups in total. The number of hydrogen-bond acceptors (Lipinski definition) is 4. The second-order valence-corrected chi connectivity index (χ2v) is 9.55. The maximum atomic E-state index is 12.9. The Bertz CT molecular complexity index is 834. The second-order valence-electron chi connectivity index (χ2n) is 9.55. The maximum Gasteiger partial charge on any atom is 0.259 e. The molecule has 0 aromatic heterocycles. The first-order valence-electron chi connectivity index (χ1n) is 11.1. The summed E-state index contributed by atoms with van der Waals surface area (Å²) in [6.07, 6.45) is 12.3. The third kappa shape index (κ3) is 3.68. The third-order valence-corrected chi connectivity index (χ3v) is 7.42. The van der Waals surface area contributed by atoms with Gasteiger partial charge >= 0.3 is 0 Å². The van der Waals surface area contributed by atoms with Crippen LogP contribution in [0.1, 0.15) is 53.9 Å². The summed E-state index contributed by atoms with van der Waals surface area (Å²) in [5.41, 5.74) is 0.205. The summed E-state index contributed by atoms with van der Waals surface area (Å²) in [5, 5.41) is 24.0. The number of nitrogens with one attached hydrogen (secondary N) is 1. The van der Waals surface area contributed by atoms with Gasteiger partial charge in [0.15, 0.2) is 5.78 Å². The fourth-order valence-corrected chi connectivity index (χ4v) is 5.84. The van der Waals surface area contributed by atoms with Crippen LogP contribution >= 0.6 is 0 Å². The van der Waals surface area contributed by atoms with Crippen LogP contribution in [0.3, 0.4) is 0 Å². The molecule has 0 unspecified atom stereocenters. The minimum Gasteiger partial charge on any atom is -0.511 e. The first kappa shape index (κ1) is 22.5. The maximum absolute atomic E-state index is 12.9. The number of aliphatic hydroxyl groups excluding tert-OH is 2. The third-order valence-electron chi connectivity index (χ3n) is 7.42. The van der Waals surface area contributed by atoms with Gasteiger partial charge in [-0.15, -0.1) is 0 Å². The number of aliphatic hydroxyl groups is 2. The van der Waals surface area contributed by atoms with Gasteiger partial charge in [-0.1, -0.05) is 56.2 Å². The molecule has 1 saturated carbocycles. The summed E-state index contributed by atoms with van der Waals surface area (Å²) < 4.78 is 0. The lowest BCUT2D eigenvalue weighted by atomic mass is 9.52. The van der Waals surface area contributed by atoms with Gasteiger partial charge in [-0.25, -0.2) is 0 Å². The van der Waals surface area contributed by atoms with Crippen LogP contribution < -0.4 is 5.32 Å². The molecule has 3 rings (SSSR count). The Balaban J connectivity index is 2.16. The highest BCUT2D eigenvalue weighted by Crippen LogP contribution is 2.57. The van der Waals surface area contributed by atoms with E-state index in [0.29, 0.717) is 11.8 Å². The van der Waals surface area contributed by atoms with Crippen molar-refractivity contribution in [3.8, 4) is 0 Å². The Hall–Kier alpha value is -2.14. The van der Waals surface area contributed by atoms with E-state index in [1.54, 1.807) is 0 Å². The van der Waals surface area contributed by atoms with Crippen LogP contribution in [0.4, 0.5) is 0 Å². The van der Waals surface area contributed by atoms with Crippen LogP contribution in [0.15, 0.2) is 47.3 Å². The van der Waals surface area contributed by atoms with E-state index < -0.39 is 29.3 Å². The van der Waals surface area contributed by atoms with Gasteiger partial charge in [-0.05, 0) is 51.4 Å². The average molecular weight is 414 g/mol. The monoisotopic (exact) mass is 413 g/mol. The molecular weight excluding hydrogens is 378 g/mol. The van der Waals surface area contributed by atoms with E-state index in [0.717, 1.165) is 24.8 Å². The number of amides is 1. The molecule has 5 heteroatoms. The lowest BCUT2D eigenvalue weighted by Gasteiger charge is -2.52. The molecule has 0 aromatic rings. The minimum absolute atomic E-state index is 0.123. The Morgan fingerprint density at radius 1 is 1.30 bits per heavy atom. The zero-order valence-electron chi connectivity index (χ0n) is 18.7. The number of allylic oxidation sites excluding steroid dienone is 7. The Kier molecular flexibility index (Phi) is 6.42. The Morgan fingerprint density at radius 3 is 2.60 bits per heavy atom. The number of Topliss-reactive ketones (excluding diaryl/α,β-unsaturated/α-hetero) is 1. The SMILES string of the molecule is C/C=C/C=C/[C@@H]1C(C)=C[C@@H]2C[C@H](C)CC[C@H]2[C@]1(C)/C(O)=C1/C(=O)N[C@H]([C@@H](C)O)C1=O. The highest BCUT2D eigenvalue weighted by molar-refractivity contribution is 6.27. The Labute approximate surface area is 179 Å². The van der Waals surface area contributed by atoms with E-state index in [1.165, 1.54) is 6.92 Å². The molecule has 0 aromatic carbocycles. The first-order chi connectivity index (χ1) is 14.1. The number of ketones is 1. The highest BCUT2D eigenvalue weighted by Gasteiger charge is 2.54. The lowest BCUT2D eigenvalue weighted by Crippen LogP contribution is -2.46. The van der Waals surface area contributed by atoms with E-state index in [4.69, 9.17) is 0 Å². The van der Waals surface area contributed by atoms with E-state index in [9.17, 15) is 19.8 Å². The van der Waals surface area contributed by atoms with Crippen LogP contribution in [0.5, 0.6) is 0 Å². The average Bonchev–Trinajstić information content (AvgIpc) is 2.97. The van der Waals surface area contributed by atoms with Gasteiger partial charge in [0.05, 0.1) is 6.10 Å². The topological polar surface area (TPSA) is 86.6 Å². The van der Waals surface area contributed by atoms with Crippen molar-refractivity contribution in [3.05, 3.63) is 47.3 Å². The molecule has 5 nitrogen and oxygen atoms in total. The molecule has 1 saturated heterocycles. The molecule has 0 bridgehead atoms. The predicted octanol–water partition coefficient (Wildman–Crippen LogP) is 4.01. The molecule has 30 heavy (non-hydrogen) atoms. The summed E-state index contributed by atoms with van der Waals surface area (Å²) in [5.74, 6) is -0.300. The van der Waals surface area contributed by atoms with Crippen molar-refractivity contribution < 1.29 is 19.8 Å². The molecule has 7 atom stereocenters. The van der Waals surface area contributed by atoms with Gasteiger partial charge < -0.3 is 15.5 Å². The van der Waals surface area contributed by atoms with Crippen molar-refractivity contribution in [3.63, 3.8) is 0 Å². The number of hydrogen-bond donors (Lipinski definition) is 3. The lowest BCUT2D eigenvalue weighted by molar-refractivity contribution is -0.118. The van der Waals surface area contributed by atoms with Crippen molar-refractivity contribution in [2.75, 3.05) is 0 Å². The summed E-state index contributed by atoms with van der Waals surface area (Å²) in [7, 11) is 0. The molecule has 3 aliphatic rings. The van der Waals surface area contributed by atoms with Gasteiger partial charge in [0.2, 0.25) is 0 Å². The van der Waals surface area contributed by atoms with E-state index in [2.05, 4.69) is 31.3 Å². The van der Waals surface area contributed by atoms with Gasteiger partial charge in [0, 0.05) is 11.3 Å². The highest BCUT2D eigenvalue weighted by atomic mass is 16.3.